The molecule has 0 aliphatic heterocycles. The monoisotopic (exact) mass is 367 g/mol. The van der Waals surface area contributed by atoms with Gasteiger partial charge in [0.05, 0.1) is 6.04 Å². The van der Waals surface area contributed by atoms with Crippen molar-refractivity contribution in [3.05, 3.63) is 59.7 Å². The molecule has 2 aromatic carbocycles. The normalized spacial score (nSPS) is 11.6. The molecule has 0 fully saturated rings. The van der Waals surface area contributed by atoms with Crippen LogP contribution in [-0.4, -0.2) is 30.8 Å². The lowest BCUT2D eigenvalue weighted by molar-refractivity contribution is -0.131. The third-order valence-electron chi connectivity index (χ3n) is 4.66. The smallest absolute Gasteiger partial charge is 0.224 e. The number of hydrogen-bond acceptors (Lipinski definition) is 3. The van der Waals surface area contributed by atoms with E-state index >= 15 is 0 Å². The summed E-state index contributed by atoms with van der Waals surface area (Å²) in [5.41, 5.74) is 3.86. The van der Waals surface area contributed by atoms with Crippen molar-refractivity contribution < 1.29 is 9.59 Å². The average molecular weight is 367 g/mol. The summed E-state index contributed by atoms with van der Waals surface area (Å²) in [6.07, 6.45) is 0.426. The molecule has 144 valence electrons. The lowest BCUT2D eigenvalue weighted by Gasteiger charge is -2.30. The highest BCUT2D eigenvalue weighted by atomic mass is 16.2. The second kappa shape index (κ2) is 9.21. The molecule has 0 aliphatic rings. The van der Waals surface area contributed by atoms with Gasteiger partial charge in [-0.2, -0.15) is 0 Å². The molecule has 2 amide bonds. The van der Waals surface area contributed by atoms with E-state index < -0.39 is 0 Å². The van der Waals surface area contributed by atoms with Crippen LogP contribution in [0.4, 0.5) is 11.4 Å². The SMILES string of the molecule is CCC(=O)Nc1ccc(N(C)C)c(CN(C(C)=O)[C@@H](C)c2ccccc2)c1. The standard InChI is InChI=1S/C22H29N3O2/c1-6-22(27)23-20-12-13-21(24(4)5)19(14-20)15-25(17(3)26)16(2)18-10-8-7-9-11-18/h7-14,16H,6,15H2,1-5H3,(H,23,27)/t16-/m0/s1. The first-order valence-electron chi connectivity index (χ1n) is 9.25. The minimum Gasteiger partial charge on any atom is -0.377 e. The minimum absolute atomic E-state index is 0.0130. The van der Waals surface area contributed by atoms with Crippen LogP contribution in [0.2, 0.25) is 0 Å². The Morgan fingerprint density at radius 2 is 1.74 bits per heavy atom. The summed E-state index contributed by atoms with van der Waals surface area (Å²) in [6, 6.07) is 15.8. The largest absolute Gasteiger partial charge is 0.377 e. The maximum atomic E-state index is 12.4. The zero-order valence-electron chi connectivity index (χ0n) is 16.8. The van der Waals surface area contributed by atoms with Gasteiger partial charge in [0, 0.05) is 45.4 Å². The molecule has 2 aromatic rings. The molecule has 0 saturated heterocycles. The number of carbonyl (C=O) groups excluding carboxylic acids is 2. The second-order valence-electron chi connectivity index (χ2n) is 6.87. The van der Waals surface area contributed by atoms with Gasteiger partial charge >= 0.3 is 0 Å². The van der Waals surface area contributed by atoms with E-state index in [9.17, 15) is 9.59 Å². The van der Waals surface area contributed by atoms with Gasteiger partial charge in [-0.3, -0.25) is 9.59 Å². The zero-order chi connectivity index (χ0) is 20.0. The Morgan fingerprint density at radius 1 is 1.07 bits per heavy atom. The van der Waals surface area contributed by atoms with Crippen LogP contribution in [-0.2, 0) is 16.1 Å². The van der Waals surface area contributed by atoms with E-state index in [1.807, 2.05) is 86.3 Å². The third-order valence-corrected chi connectivity index (χ3v) is 4.66. The highest BCUT2D eigenvalue weighted by Crippen LogP contribution is 2.28. The first-order valence-corrected chi connectivity index (χ1v) is 9.25. The summed E-state index contributed by atoms with van der Waals surface area (Å²) >= 11 is 0. The van der Waals surface area contributed by atoms with E-state index in [1.165, 1.54) is 0 Å². The number of benzene rings is 2. The lowest BCUT2D eigenvalue weighted by Crippen LogP contribution is -2.31. The fraction of sp³-hybridized carbons (Fsp3) is 0.364. The maximum absolute atomic E-state index is 12.4. The van der Waals surface area contributed by atoms with Gasteiger partial charge in [-0.1, -0.05) is 37.3 Å². The first kappa shape index (κ1) is 20.5. The van der Waals surface area contributed by atoms with Crippen molar-refractivity contribution in [2.75, 3.05) is 24.3 Å². The van der Waals surface area contributed by atoms with Gasteiger partial charge in [0.25, 0.3) is 0 Å². The molecule has 0 heterocycles. The van der Waals surface area contributed by atoms with Gasteiger partial charge in [0.2, 0.25) is 11.8 Å². The van der Waals surface area contributed by atoms with Gasteiger partial charge in [-0.15, -0.1) is 0 Å². The topological polar surface area (TPSA) is 52.7 Å². The van der Waals surface area contributed by atoms with Crippen LogP contribution in [0.1, 0.15) is 44.4 Å². The summed E-state index contributed by atoms with van der Waals surface area (Å²) in [5.74, 6) is -0.0151. The number of anilines is 2. The summed E-state index contributed by atoms with van der Waals surface area (Å²) in [6.45, 7) is 5.92. The van der Waals surface area contributed by atoms with Gasteiger partial charge in [0.1, 0.15) is 0 Å². The Hall–Kier alpha value is -2.82. The molecule has 5 nitrogen and oxygen atoms in total. The third kappa shape index (κ3) is 5.33. The van der Waals surface area contributed by atoms with E-state index in [4.69, 9.17) is 0 Å². The van der Waals surface area contributed by atoms with Crippen molar-refractivity contribution in [1.82, 2.24) is 4.90 Å². The highest BCUT2D eigenvalue weighted by Gasteiger charge is 2.20. The predicted molar refractivity (Wildman–Crippen MR) is 111 cm³/mol. The zero-order valence-corrected chi connectivity index (χ0v) is 16.8. The average Bonchev–Trinajstić information content (AvgIpc) is 2.65. The quantitative estimate of drug-likeness (QED) is 0.797. The van der Waals surface area contributed by atoms with E-state index in [1.54, 1.807) is 6.92 Å². The molecule has 0 spiro atoms. The molecule has 1 N–H and O–H groups in total. The Morgan fingerprint density at radius 3 is 2.30 bits per heavy atom. The maximum Gasteiger partial charge on any atom is 0.224 e. The molecule has 2 rings (SSSR count). The summed E-state index contributed by atoms with van der Waals surface area (Å²) < 4.78 is 0. The Labute approximate surface area is 162 Å². The van der Waals surface area contributed by atoms with Crippen molar-refractivity contribution in [1.29, 1.82) is 0 Å². The first-order chi connectivity index (χ1) is 12.8. The van der Waals surface area contributed by atoms with E-state index in [0.29, 0.717) is 13.0 Å². The lowest BCUT2D eigenvalue weighted by atomic mass is 10.0. The molecular weight excluding hydrogens is 338 g/mol. The van der Waals surface area contributed by atoms with Gasteiger partial charge in [-0.05, 0) is 36.2 Å². The molecule has 5 heteroatoms. The molecule has 0 bridgehead atoms. The summed E-state index contributed by atoms with van der Waals surface area (Å²) in [5, 5.41) is 2.90. The van der Waals surface area contributed by atoms with Crippen LogP contribution in [0.15, 0.2) is 48.5 Å². The van der Waals surface area contributed by atoms with Crippen molar-refractivity contribution >= 4 is 23.2 Å². The van der Waals surface area contributed by atoms with Gasteiger partial charge in [0.15, 0.2) is 0 Å². The van der Waals surface area contributed by atoms with E-state index in [0.717, 1.165) is 22.5 Å². The minimum atomic E-state index is -0.0485. The Balaban J connectivity index is 2.36. The number of carbonyl (C=O) groups is 2. The highest BCUT2D eigenvalue weighted by molar-refractivity contribution is 5.90. The van der Waals surface area contributed by atoms with Gasteiger partial charge < -0.3 is 15.1 Å². The molecule has 0 saturated carbocycles. The fourth-order valence-corrected chi connectivity index (χ4v) is 3.09. The summed E-state index contributed by atoms with van der Waals surface area (Å²) in [4.78, 5) is 28.0. The molecule has 0 unspecified atom stereocenters. The number of amides is 2. The van der Waals surface area contributed by atoms with Crippen LogP contribution >= 0.6 is 0 Å². The second-order valence-corrected chi connectivity index (χ2v) is 6.87. The van der Waals surface area contributed by atoms with Crippen LogP contribution < -0.4 is 10.2 Å². The molecule has 27 heavy (non-hydrogen) atoms. The molecule has 0 aromatic heterocycles. The van der Waals surface area contributed by atoms with Crippen LogP contribution in [0, 0.1) is 0 Å². The van der Waals surface area contributed by atoms with Crippen molar-refractivity contribution in [3.63, 3.8) is 0 Å². The fourth-order valence-electron chi connectivity index (χ4n) is 3.09. The van der Waals surface area contributed by atoms with E-state index in [2.05, 4.69) is 5.32 Å². The number of nitrogens with one attached hydrogen (secondary N) is 1. The Bertz CT molecular complexity index is 787. The summed E-state index contributed by atoms with van der Waals surface area (Å²) in [7, 11) is 3.95. The predicted octanol–water partition coefficient (Wildman–Crippen LogP) is 4.21. The van der Waals surface area contributed by atoms with Crippen LogP contribution in [0.5, 0.6) is 0 Å². The number of nitrogens with zero attached hydrogens (tertiary/aromatic N) is 2. The Kier molecular flexibility index (Phi) is 6.99. The molecule has 1 atom stereocenters. The van der Waals surface area contributed by atoms with Crippen molar-refractivity contribution in [3.8, 4) is 0 Å². The van der Waals surface area contributed by atoms with E-state index in [-0.39, 0.29) is 17.9 Å². The number of rotatable bonds is 7. The number of hydrogen-bond donors (Lipinski definition) is 1. The molecule has 0 radical (unpaired) electrons. The molecule has 0 aliphatic carbocycles. The van der Waals surface area contributed by atoms with Crippen LogP contribution in [0.25, 0.3) is 0 Å². The van der Waals surface area contributed by atoms with Gasteiger partial charge in [-0.25, -0.2) is 0 Å². The van der Waals surface area contributed by atoms with Crippen molar-refractivity contribution in [2.45, 2.75) is 39.8 Å². The van der Waals surface area contributed by atoms with Crippen molar-refractivity contribution in [2.24, 2.45) is 0 Å². The van der Waals surface area contributed by atoms with Crippen LogP contribution in [0.3, 0.4) is 0 Å². The molecular formula is C22H29N3O2.